The molecule has 1 aliphatic rings. The molecule has 0 bridgehead atoms. The maximum Gasteiger partial charge on any atom is 0.404 e. The standard InChI is InChI=1S/C11H12INO3/c12-8-2-4-10-7(5-8)1-3-9(16-10)6-13-11(14)15/h2,4-5,9,13H,1,3,6H2,(H,14,15)/t9-/m1/s1. The topological polar surface area (TPSA) is 58.6 Å². The number of aryl methyl sites for hydroxylation is 1. The molecule has 0 aliphatic carbocycles. The van der Waals surface area contributed by atoms with Crippen molar-refractivity contribution in [1.82, 2.24) is 5.32 Å². The number of carboxylic acid groups (broad SMARTS) is 1. The van der Waals surface area contributed by atoms with Crippen molar-refractivity contribution in [3.63, 3.8) is 0 Å². The van der Waals surface area contributed by atoms with Gasteiger partial charge in [-0.3, -0.25) is 0 Å². The van der Waals surface area contributed by atoms with E-state index in [0.717, 1.165) is 18.6 Å². The van der Waals surface area contributed by atoms with E-state index in [9.17, 15) is 4.79 Å². The number of nitrogens with one attached hydrogen (secondary N) is 1. The first-order valence-corrected chi connectivity index (χ1v) is 6.15. The van der Waals surface area contributed by atoms with Crippen LogP contribution in [-0.4, -0.2) is 23.8 Å². The zero-order chi connectivity index (χ0) is 11.5. The highest BCUT2D eigenvalue weighted by Crippen LogP contribution is 2.28. The minimum Gasteiger partial charge on any atom is -0.488 e. The Morgan fingerprint density at radius 1 is 1.62 bits per heavy atom. The van der Waals surface area contributed by atoms with Crippen LogP contribution in [0.5, 0.6) is 5.75 Å². The summed E-state index contributed by atoms with van der Waals surface area (Å²) in [5.74, 6) is 0.879. The molecule has 2 N–H and O–H groups in total. The fraction of sp³-hybridized carbons (Fsp3) is 0.364. The average Bonchev–Trinajstić information content (AvgIpc) is 2.26. The first-order valence-electron chi connectivity index (χ1n) is 5.07. The minimum absolute atomic E-state index is 0.0522. The van der Waals surface area contributed by atoms with E-state index < -0.39 is 6.09 Å². The normalized spacial score (nSPS) is 18.4. The molecule has 0 saturated carbocycles. The van der Waals surface area contributed by atoms with E-state index in [2.05, 4.69) is 34.0 Å². The zero-order valence-corrected chi connectivity index (χ0v) is 10.7. The molecular weight excluding hydrogens is 321 g/mol. The molecule has 1 heterocycles. The van der Waals surface area contributed by atoms with Crippen LogP contribution in [0.1, 0.15) is 12.0 Å². The lowest BCUT2D eigenvalue weighted by atomic mass is 10.0. The van der Waals surface area contributed by atoms with Crippen LogP contribution in [0.2, 0.25) is 0 Å². The van der Waals surface area contributed by atoms with E-state index in [1.54, 1.807) is 0 Å². The van der Waals surface area contributed by atoms with Gasteiger partial charge in [-0.05, 0) is 59.2 Å². The molecule has 5 heteroatoms. The van der Waals surface area contributed by atoms with Gasteiger partial charge in [0.25, 0.3) is 0 Å². The van der Waals surface area contributed by atoms with Crippen molar-refractivity contribution in [2.24, 2.45) is 0 Å². The van der Waals surface area contributed by atoms with Gasteiger partial charge in [0.2, 0.25) is 0 Å². The second-order valence-corrected chi connectivity index (χ2v) is 4.96. The van der Waals surface area contributed by atoms with E-state index in [1.807, 2.05) is 12.1 Å². The van der Waals surface area contributed by atoms with Crippen LogP contribution < -0.4 is 10.1 Å². The number of rotatable bonds is 2. The molecule has 4 nitrogen and oxygen atoms in total. The van der Waals surface area contributed by atoms with Crippen LogP contribution in [-0.2, 0) is 6.42 Å². The number of fused-ring (bicyclic) bond motifs is 1. The van der Waals surface area contributed by atoms with Gasteiger partial charge in [0, 0.05) is 3.57 Å². The van der Waals surface area contributed by atoms with Gasteiger partial charge in [-0.2, -0.15) is 0 Å². The number of hydrogen-bond donors (Lipinski definition) is 2. The van der Waals surface area contributed by atoms with E-state index in [4.69, 9.17) is 9.84 Å². The van der Waals surface area contributed by atoms with Gasteiger partial charge in [0.15, 0.2) is 0 Å². The third kappa shape index (κ3) is 2.78. The zero-order valence-electron chi connectivity index (χ0n) is 8.57. The Morgan fingerprint density at radius 3 is 3.19 bits per heavy atom. The number of halogens is 1. The largest absolute Gasteiger partial charge is 0.488 e. The molecule has 1 atom stereocenters. The molecule has 16 heavy (non-hydrogen) atoms. The Bertz CT molecular complexity index is 408. The number of amides is 1. The predicted molar refractivity (Wildman–Crippen MR) is 67.9 cm³/mol. The monoisotopic (exact) mass is 333 g/mol. The summed E-state index contributed by atoms with van der Waals surface area (Å²) < 4.78 is 6.90. The third-order valence-corrected chi connectivity index (χ3v) is 3.20. The molecule has 1 aromatic rings. The smallest absolute Gasteiger partial charge is 0.404 e. The fourth-order valence-corrected chi connectivity index (χ4v) is 2.31. The second kappa shape index (κ2) is 4.90. The van der Waals surface area contributed by atoms with Crippen LogP contribution in [0.25, 0.3) is 0 Å². The van der Waals surface area contributed by atoms with Crippen LogP contribution in [0.4, 0.5) is 4.79 Å². The number of ether oxygens (including phenoxy) is 1. The second-order valence-electron chi connectivity index (χ2n) is 3.72. The fourth-order valence-electron chi connectivity index (χ4n) is 1.76. The molecule has 0 unspecified atom stereocenters. The molecule has 86 valence electrons. The lowest BCUT2D eigenvalue weighted by Crippen LogP contribution is -2.36. The molecule has 2 rings (SSSR count). The molecule has 1 aliphatic heterocycles. The SMILES string of the molecule is O=C(O)NC[C@H]1CCc2cc(I)ccc2O1. The van der Waals surface area contributed by atoms with Crippen LogP contribution >= 0.6 is 22.6 Å². The summed E-state index contributed by atoms with van der Waals surface area (Å²) in [7, 11) is 0. The Morgan fingerprint density at radius 2 is 2.44 bits per heavy atom. The predicted octanol–water partition coefficient (Wildman–Crippen LogP) is 2.25. The Balaban J connectivity index is 2.01. The van der Waals surface area contributed by atoms with Crippen LogP contribution in [0.15, 0.2) is 18.2 Å². The minimum atomic E-state index is -1.00. The molecule has 0 spiro atoms. The van der Waals surface area contributed by atoms with Crippen molar-refractivity contribution >= 4 is 28.7 Å². The third-order valence-electron chi connectivity index (χ3n) is 2.53. The van der Waals surface area contributed by atoms with Gasteiger partial charge >= 0.3 is 6.09 Å². The lowest BCUT2D eigenvalue weighted by Gasteiger charge is -2.26. The molecular formula is C11H12INO3. The molecule has 0 aromatic heterocycles. The number of hydrogen-bond acceptors (Lipinski definition) is 2. The Kier molecular flexibility index (Phi) is 3.52. The van der Waals surface area contributed by atoms with Gasteiger partial charge in [0.05, 0.1) is 6.54 Å². The Hall–Kier alpha value is -0.980. The molecule has 0 saturated heterocycles. The van der Waals surface area contributed by atoms with E-state index in [-0.39, 0.29) is 6.10 Å². The highest BCUT2D eigenvalue weighted by atomic mass is 127. The number of carbonyl (C=O) groups is 1. The van der Waals surface area contributed by atoms with Crippen molar-refractivity contribution in [3.8, 4) is 5.75 Å². The first-order chi connectivity index (χ1) is 7.65. The van der Waals surface area contributed by atoms with E-state index in [1.165, 1.54) is 9.13 Å². The summed E-state index contributed by atoms with van der Waals surface area (Å²) in [4.78, 5) is 10.4. The van der Waals surface area contributed by atoms with Crippen LogP contribution in [0.3, 0.4) is 0 Å². The summed E-state index contributed by atoms with van der Waals surface area (Å²) in [5.41, 5.74) is 1.21. The summed E-state index contributed by atoms with van der Waals surface area (Å²) in [5, 5.41) is 10.9. The molecule has 0 radical (unpaired) electrons. The summed E-state index contributed by atoms with van der Waals surface area (Å²) >= 11 is 2.27. The van der Waals surface area contributed by atoms with Gasteiger partial charge in [-0.1, -0.05) is 0 Å². The summed E-state index contributed by atoms with van der Waals surface area (Å²) in [6, 6.07) is 6.05. The Labute approximate surface area is 107 Å². The average molecular weight is 333 g/mol. The molecule has 1 amide bonds. The van der Waals surface area contributed by atoms with Gasteiger partial charge in [0.1, 0.15) is 11.9 Å². The van der Waals surface area contributed by atoms with Crippen LogP contribution in [0, 0.1) is 3.57 Å². The van der Waals surface area contributed by atoms with Crippen molar-refractivity contribution in [2.75, 3.05) is 6.54 Å². The molecule has 1 aromatic carbocycles. The highest BCUT2D eigenvalue weighted by molar-refractivity contribution is 14.1. The van der Waals surface area contributed by atoms with Crippen molar-refractivity contribution < 1.29 is 14.6 Å². The first kappa shape index (κ1) is 11.5. The van der Waals surface area contributed by atoms with E-state index in [0.29, 0.717) is 6.54 Å². The lowest BCUT2D eigenvalue weighted by molar-refractivity contribution is 0.157. The summed E-state index contributed by atoms with van der Waals surface area (Å²) in [6.45, 7) is 0.348. The number of benzene rings is 1. The van der Waals surface area contributed by atoms with Crippen molar-refractivity contribution in [3.05, 3.63) is 27.3 Å². The van der Waals surface area contributed by atoms with E-state index >= 15 is 0 Å². The highest BCUT2D eigenvalue weighted by Gasteiger charge is 2.20. The van der Waals surface area contributed by atoms with Gasteiger partial charge < -0.3 is 15.2 Å². The summed E-state index contributed by atoms with van der Waals surface area (Å²) in [6.07, 6.45) is 0.742. The maximum absolute atomic E-state index is 10.4. The maximum atomic E-state index is 10.4. The van der Waals surface area contributed by atoms with Gasteiger partial charge in [-0.15, -0.1) is 0 Å². The van der Waals surface area contributed by atoms with Crippen molar-refractivity contribution in [1.29, 1.82) is 0 Å². The quantitative estimate of drug-likeness (QED) is 0.817. The van der Waals surface area contributed by atoms with Gasteiger partial charge in [-0.25, -0.2) is 4.79 Å². The molecule has 0 fully saturated rings. The van der Waals surface area contributed by atoms with Crippen molar-refractivity contribution in [2.45, 2.75) is 18.9 Å².